The molecule has 1 aromatic rings. The summed E-state index contributed by atoms with van der Waals surface area (Å²) in [4.78, 5) is 3.87. The first-order chi connectivity index (χ1) is 6.08. The van der Waals surface area contributed by atoms with Gasteiger partial charge in [-0.2, -0.15) is 5.10 Å². The maximum Gasteiger partial charge on any atom is 0.208 e. The topological polar surface area (TPSA) is 87.7 Å². The van der Waals surface area contributed by atoms with Crippen molar-refractivity contribution >= 4 is 21.8 Å². The predicted molar refractivity (Wildman–Crippen MR) is 50.0 cm³/mol. The third kappa shape index (κ3) is 4.86. The first kappa shape index (κ1) is 10.5. The first-order valence-electron chi connectivity index (χ1n) is 3.51. The van der Waals surface area contributed by atoms with Gasteiger partial charge >= 0.3 is 0 Å². The smallest absolute Gasteiger partial charge is 0.208 e. The summed E-state index contributed by atoms with van der Waals surface area (Å²) in [5, 5.41) is 7.00. The molecule has 1 heterocycles. The van der Waals surface area contributed by atoms with Gasteiger partial charge in [0.1, 0.15) is 6.33 Å². The van der Waals surface area contributed by atoms with Crippen LogP contribution in [0.4, 0.5) is 0 Å². The largest absolute Gasteiger partial charge is 0.254 e. The van der Waals surface area contributed by atoms with Crippen molar-refractivity contribution in [1.29, 1.82) is 0 Å². The summed E-state index contributed by atoms with van der Waals surface area (Å²) in [5.74, 6) is 0.627. The standard InChI is InChI=1S/C5H10N4O2S2/c1-13(10,11)8-2-3-12-5-6-4-7-9-5/h4,8H,2-3H2,1H3,(H,6,7,9). The molecule has 0 aliphatic carbocycles. The van der Waals surface area contributed by atoms with Crippen LogP contribution in [0.1, 0.15) is 0 Å². The Morgan fingerprint density at radius 1 is 1.69 bits per heavy atom. The maximum absolute atomic E-state index is 10.6. The number of hydrogen-bond donors (Lipinski definition) is 2. The molecule has 13 heavy (non-hydrogen) atoms. The van der Waals surface area contributed by atoms with Gasteiger partial charge in [0.05, 0.1) is 6.26 Å². The number of nitrogens with zero attached hydrogens (tertiary/aromatic N) is 2. The van der Waals surface area contributed by atoms with E-state index in [1.807, 2.05) is 0 Å². The Bertz CT molecular complexity index is 333. The molecule has 0 spiro atoms. The summed E-state index contributed by atoms with van der Waals surface area (Å²) in [6, 6.07) is 0. The molecule has 0 aliphatic heterocycles. The van der Waals surface area contributed by atoms with Gasteiger partial charge in [-0.3, -0.25) is 5.10 Å². The summed E-state index contributed by atoms with van der Waals surface area (Å²) < 4.78 is 23.6. The molecule has 1 rings (SSSR count). The second kappa shape index (κ2) is 4.58. The number of aromatic amines is 1. The highest BCUT2D eigenvalue weighted by atomic mass is 32.2. The highest BCUT2D eigenvalue weighted by Gasteiger charge is 2.00. The van der Waals surface area contributed by atoms with Gasteiger partial charge < -0.3 is 0 Å². The lowest BCUT2D eigenvalue weighted by atomic mass is 10.8. The zero-order valence-electron chi connectivity index (χ0n) is 7.02. The Morgan fingerprint density at radius 3 is 3.00 bits per heavy atom. The molecule has 0 unspecified atom stereocenters. The van der Waals surface area contributed by atoms with Crippen LogP contribution < -0.4 is 4.72 Å². The van der Waals surface area contributed by atoms with Crippen LogP contribution >= 0.6 is 11.8 Å². The number of H-pyrrole nitrogens is 1. The molecule has 0 radical (unpaired) electrons. The highest BCUT2D eigenvalue weighted by molar-refractivity contribution is 7.99. The first-order valence-corrected chi connectivity index (χ1v) is 6.38. The molecule has 6 nitrogen and oxygen atoms in total. The van der Waals surface area contributed by atoms with Crippen LogP contribution in [-0.4, -0.2) is 42.2 Å². The Kier molecular flexibility index (Phi) is 3.70. The molecule has 0 atom stereocenters. The molecule has 0 bridgehead atoms. The quantitative estimate of drug-likeness (QED) is 0.515. The Morgan fingerprint density at radius 2 is 2.46 bits per heavy atom. The van der Waals surface area contributed by atoms with Crippen molar-refractivity contribution in [3.05, 3.63) is 6.33 Å². The fraction of sp³-hybridized carbons (Fsp3) is 0.600. The van der Waals surface area contributed by atoms with Gasteiger partial charge in [-0.1, -0.05) is 11.8 Å². The molecule has 0 aliphatic rings. The zero-order chi connectivity index (χ0) is 9.73. The van der Waals surface area contributed by atoms with Crippen molar-refractivity contribution in [2.45, 2.75) is 5.16 Å². The number of hydrogen-bond acceptors (Lipinski definition) is 5. The maximum atomic E-state index is 10.6. The molecule has 74 valence electrons. The van der Waals surface area contributed by atoms with E-state index in [0.717, 1.165) is 6.26 Å². The van der Waals surface area contributed by atoms with Crippen LogP contribution in [0.5, 0.6) is 0 Å². The Balaban J connectivity index is 2.16. The lowest BCUT2D eigenvalue weighted by Gasteiger charge is -1.99. The molecule has 2 N–H and O–H groups in total. The van der Waals surface area contributed by atoms with Crippen molar-refractivity contribution < 1.29 is 8.42 Å². The van der Waals surface area contributed by atoms with Gasteiger partial charge in [0.2, 0.25) is 10.0 Å². The Labute approximate surface area is 80.6 Å². The monoisotopic (exact) mass is 222 g/mol. The van der Waals surface area contributed by atoms with E-state index in [1.165, 1.54) is 18.1 Å². The van der Waals surface area contributed by atoms with Crippen molar-refractivity contribution in [2.75, 3.05) is 18.6 Å². The predicted octanol–water partition coefficient (Wildman–Crippen LogP) is -0.554. The SMILES string of the molecule is CS(=O)(=O)NCCSc1ncn[nH]1. The lowest BCUT2D eigenvalue weighted by molar-refractivity contribution is 0.590. The average Bonchev–Trinajstić information content (AvgIpc) is 2.48. The molecule has 0 amide bonds. The van der Waals surface area contributed by atoms with Crippen LogP contribution in [0.25, 0.3) is 0 Å². The van der Waals surface area contributed by atoms with Crippen molar-refractivity contribution in [3.63, 3.8) is 0 Å². The highest BCUT2D eigenvalue weighted by Crippen LogP contribution is 2.08. The van der Waals surface area contributed by atoms with Crippen molar-refractivity contribution in [3.8, 4) is 0 Å². The Hall–Kier alpha value is -0.600. The van der Waals surface area contributed by atoms with Gasteiger partial charge in [-0.25, -0.2) is 18.1 Å². The zero-order valence-corrected chi connectivity index (χ0v) is 8.65. The third-order valence-corrected chi connectivity index (χ3v) is 2.70. The number of rotatable bonds is 5. The molecule has 0 saturated heterocycles. The number of aromatic nitrogens is 3. The molecule has 8 heteroatoms. The van der Waals surface area contributed by atoms with E-state index >= 15 is 0 Å². The van der Waals surface area contributed by atoms with Gasteiger partial charge in [0, 0.05) is 12.3 Å². The number of sulfonamides is 1. The van der Waals surface area contributed by atoms with E-state index < -0.39 is 10.0 Å². The van der Waals surface area contributed by atoms with Crippen molar-refractivity contribution in [2.24, 2.45) is 0 Å². The van der Waals surface area contributed by atoms with E-state index in [0.29, 0.717) is 17.5 Å². The third-order valence-electron chi connectivity index (χ3n) is 1.10. The van der Waals surface area contributed by atoms with E-state index in [1.54, 1.807) is 0 Å². The van der Waals surface area contributed by atoms with E-state index in [2.05, 4.69) is 19.9 Å². The van der Waals surface area contributed by atoms with Crippen LogP contribution in [0, 0.1) is 0 Å². The van der Waals surface area contributed by atoms with Crippen LogP contribution in [-0.2, 0) is 10.0 Å². The fourth-order valence-electron chi connectivity index (χ4n) is 0.639. The number of nitrogens with one attached hydrogen (secondary N) is 2. The van der Waals surface area contributed by atoms with Crippen molar-refractivity contribution in [1.82, 2.24) is 19.9 Å². The van der Waals surface area contributed by atoms with Crippen LogP contribution in [0.2, 0.25) is 0 Å². The molecular formula is C5H10N4O2S2. The van der Waals surface area contributed by atoms with Gasteiger partial charge in [0.15, 0.2) is 5.16 Å². The van der Waals surface area contributed by atoms with Gasteiger partial charge in [0.25, 0.3) is 0 Å². The van der Waals surface area contributed by atoms with Gasteiger partial charge in [-0.15, -0.1) is 0 Å². The van der Waals surface area contributed by atoms with Crippen LogP contribution in [0.3, 0.4) is 0 Å². The molecule has 0 saturated carbocycles. The summed E-state index contributed by atoms with van der Waals surface area (Å²) in [7, 11) is -3.07. The summed E-state index contributed by atoms with van der Waals surface area (Å²) >= 11 is 1.41. The molecule has 0 aromatic carbocycles. The fourth-order valence-corrected chi connectivity index (χ4v) is 1.88. The van der Waals surface area contributed by atoms with E-state index in [4.69, 9.17) is 0 Å². The average molecular weight is 222 g/mol. The lowest BCUT2D eigenvalue weighted by Crippen LogP contribution is -2.24. The molecule has 1 aromatic heterocycles. The summed E-state index contributed by atoms with van der Waals surface area (Å²) in [6.07, 6.45) is 2.54. The van der Waals surface area contributed by atoms with E-state index in [9.17, 15) is 8.42 Å². The molecular weight excluding hydrogens is 212 g/mol. The summed E-state index contributed by atoms with van der Waals surface area (Å²) in [6.45, 7) is 0.393. The van der Waals surface area contributed by atoms with Gasteiger partial charge in [-0.05, 0) is 0 Å². The normalized spacial score (nSPS) is 11.8. The second-order valence-electron chi connectivity index (χ2n) is 2.31. The van der Waals surface area contributed by atoms with Crippen LogP contribution in [0.15, 0.2) is 11.5 Å². The molecule has 0 fully saturated rings. The van der Waals surface area contributed by atoms with E-state index in [-0.39, 0.29) is 0 Å². The number of thioether (sulfide) groups is 1. The summed E-state index contributed by atoms with van der Waals surface area (Å²) in [5.41, 5.74) is 0. The minimum Gasteiger partial charge on any atom is -0.254 e. The second-order valence-corrected chi connectivity index (χ2v) is 5.22. The minimum absolute atomic E-state index is 0.393. The minimum atomic E-state index is -3.07.